The quantitative estimate of drug-likeness (QED) is 0.697. The Morgan fingerprint density at radius 1 is 1.22 bits per heavy atom. The van der Waals surface area contributed by atoms with Crippen LogP contribution in [0.25, 0.3) is 0 Å². The Kier molecular flexibility index (Phi) is 5.05. The molecule has 1 aliphatic heterocycles. The van der Waals surface area contributed by atoms with Crippen LogP contribution in [0.15, 0.2) is 53.2 Å². The van der Waals surface area contributed by atoms with Gasteiger partial charge in [0.1, 0.15) is 11.9 Å². The minimum atomic E-state index is -0.000725. The van der Waals surface area contributed by atoms with Crippen LogP contribution >= 0.6 is 11.3 Å². The molecule has 4 nitrogen and oxygen atoms in total. The third-order valence-electron chi connectivity index (χ3n) is 4.87. The number of ether oxygens (including phenoxy) is 2. The molecule has 3 aromatic rings. The van der Waals surface area contributed by atoms with Gasteiger partial charge in [0.15, 0.2) is 11.5 Å². The molecule has 1 aliphatic rings. The molecule has 0 amide bonds. The SMILES string of the molecule is COc1cc(CN2Cc3cc(C)ccc3O[C@@H](c3ccsc3)C2)ccc1O. The van der Waals surface area contributed by atoms with Gasteiger partial charge >= 0.3 is 0 Å². The number of rotatable bonds is 4. The summed E-state index contributed by atoms with van der Waals surface area (Å²) in [5.74, 6) is 1.63. The summed E-state index contributed by atoms with van der Waals surface area (Å²) in [7, 11) is 1.57. The van der Waals surface area contributed by atoms with E-state index in [1.54, 1.807) is 24.5 Å². The lowest BCUT2D eigenvalue weighted by Crippen LogP contribution is -2.27. The van der Waals surface area contributed by atoms with E-state index in [-0.39, 0.29) is 11.9 Å². The van der Waals surface area contributed by atoms with Gasteiger partial charge in [0.25, 0.3) is 0 Å². The summed E-state index contributed by atoms with van der Waals surface area (Å²) in [4.78, 5) is 2.39. The zero-order chi connectivity index (χ0) is 18.8. The van der Waals surface area contributed by atoms with Crippen molar-refractivity contribution in [3.63, 3.8) is 0 Å². The number of hydrogen-bond donors (Lipinski definition) is 1. The van der Waals surface area contributed by atoms with Crippen LogP contribution in [0.3, 0.4) is 0 Å². The average molecular weight is 381 g/mol. The first-order valence-corrected chi connectivity index (χ1v) is 9.93. The lowest BCUT2D eigenvalue weighted by atomic mass is 10.1. The summed E-state index contributed by atoms with van der Waals surface area (Å²) in [5, 5.41) is 14.1. The molecule has 0 bridgehead atoms. The van der Waals surface area contributed by atoms with E-state index in [9.17, 15) is 5.11 Å². The van der Waals surface area contributed by atoms with E-state index in [0.717, 1.165) is 30.9 Å². The maximum absolute atomic E-state index is 9.86. The number of nitrogens with zero attached hydrogens (tertiary/aromatic N) is 1. The van der Waals surface area contributed by atoms with Crippen molar-refractivity contribution >= 4 is 11.3 Å². The van der Waals surface area contributed by atoms with Gasteiger partial charge in [-0.2, -0.15) is 11.3 Å². The third-order valence-corrected chi connectivity index (χ3v) is 5.57. The van der Waals surface area contributed by atoms with Crippen molar-refractivity contribution in [1.29, 1.82) is 0 Å². The van der Waals surface area contributed by atoms with E-state index in [1.807, 2.05) is 12.1 Å². The predicted molar refractivity (Wildman–Crippen MR) is 108 cm³/mol. The number of phenols is 1. The van der Waals surface area contributed by atoms with Gasteiger partial charge in [-0.05, 0) is 47.5 Å². The Morgan fingerprint density at radius 3 is 2.89 bits per heavy atom. The number of aryl methyl sites for hydroxylation is 1. The number of methoxy groups -OCH3 is 1. The predicted octanol–water partition coefficient (Wildman–Crippen LogP) is 4.91. The van der Waals surface area contributed by atoms with Crippen LogP contribution < -0.4 is 9.47 Å². The normalized spacial score (nSPS) is 17.0. The first-order chi connectivity index (χ1) is 13.1. The number of thiophene rings is 1. The fraction of sp³-hybridized carbons (Fsp3) is 0.273. The largest absolute Gasteiger partial charge is 0.504 e. The number of fused-ring (bicyclic) bond motifs is 1. The highest BCUT2D eigenvalue weighted by Crippen LogP contribution is 2.34. The molecule has 0 radical (unpaired) electrons. The molecule has 0 unspecified atom stereocenters. The topological polar surface area (TPSA) is 41.9 Å². The zero-order valence-corrected chi connectivity index (χ0v) is 16.3. The van der Waals surface area contributed by atoms with Crippen molar-refractivity contribution in [3.05, 3.63) is 75.5 Å². The number of benzene rings is 2. The van der Waals surface area contributed by atoms with Gasteiger partial charge in [-0.15, -0.1) is 0 Å². The maximum Gasteiger partial charge on any atom is 0.160 e. The Bertz CT molecular complexity index is 923. The van der Waals surface area contributed by atoms with Crippen LogP contribution in [0.1, 0.15) is 28.4 Å². The molecule has 1 atom stereocenters. The zero-order valence-electron chi connectivity index (χ0n) is 15.5. The molecule has 1 aromatic heterocycles. The Balaban J connectivity index is 1.64. The number of phenolic OH excluding ortho intramolecular Hbond substituents is 1. The summed E-state index contributed by atoms with van der Waals surface area (Å²) in [6.45, 7) is 4.49. The van der Waals surface area contributed by atoms with Gasteiger partial charge in [0, 0.05) is 30.8 Å². The molecule has 140 valence electrons. The van der Waals surface area contributed by atoms with Crippen molar-refractivity contribution in [1.82, 2.24) is 4.90 Å². The minimum absolute atomic E-state index is 0.000725. The average Bonchev–Trinajstić information content (AvgIpc) is 3.13. The highest BCUT2D eigenvalue weighted by atomic mass is 32.1. The van der Waals surface area contributed by atoms with Gasteiger partial charge in [0.05, 0.1) is 7.11 Å². The van der Waals surface area contributed by atoms with Crippen LogP contribution in [-0.4, -0.2) is 23.7 Å². The van der Waals surface area contributed by atoms with Crippen molar-refractivity contribution in [2.24, 2.45) is 0 Å². The highest BCUT2D eigenvalue weighted by molar-refractivity contribution is 7.07. The van der Waals surface area contributed by atoms with Crippen molar-refractivity contribution in [2.45, 2.75) is 26.1 Å². The molecule has 2 heterocycles. The van der Waals surface area contributed by atoms with Crippen molar-refractivity contribution in [2.75, 3.05) is 13.7 Å². The minimum Gasteiger partial charge on any atom is -0.504 e. The van der Waals surface area contributed by atoms with E-state index in [2.05, 4.69) is 46.8 Å². The van der Waals surface area contributed by atoms with E-state index in [1.165, 1.54) is 16.7 Å². The van der Waals surface area contributed by atoms with Crippen LogP contribution in [0.4, 0.5) is 0 Å². The Hall–Kier alpha value is -2.50. The second kappa shape index (κ2) is 7.62. The van der Waals surface area contributed by atoms with Gasteiger partial charge in [-0.25, -0.2) is 0 Å². The second-order valence-electron chi connectivity index (χ2n) is 6.95. The fourth-order valence-electron chi connectivity index (χ4n) is 3.51. The Morgan fingerprint density at radius 2 is 2.11 bits per heavy atom. The molecule has 0 spiro atoms. The van der Waals surface area contributed by atoms with E-state index < -0.39 is 0 Å². The molecule has 1 N–H and O–H groups in total. The molecular formula is C22H23NO3S. The van der Waals surface area contributed by atoms with E-state index in [4.69, 9.17) is 9.47 Å². The van der Waals surface area contributed by atoms with E-state index >= 15 is 0 Å². The van der Waals surface area contributed by atoms with Crippen LogP contribution in [0, 0.1) is 6.92 Å². The van der Waals surface area contributed by atoms with Gasteiger partial charge in [-0.3, -0.25) is 4.90 Å². The first-order valence-electron chi connectivity index (χ1n) is 8.99. The maximum atomic E-state index is 9.86. The summed E-state index contributed by atoms with van der Waals surface area (Å²) < 4.78 is 11.6. The smallest absolute Gasteiger partial charge is 0.160 e. The highest BCUT2D eigenvalue weighted by Gasteiger charge is 2.25. The number of aromatic hydroxyl groups is 1. The van der Waals surface area contributed by atoms with Crippen LogP contribution in [-0.2, 0) is 13.1 Å². The molecule has 2 aromatic carbocycles. The van der Waals surface area contributed by atoms with Gasteiger partial charge in [0.2, 0.25) is 0 Å². The molecular weight excluding hydrogens is 358 g/mol. The molecule has 27 heavy (non-hydrogen) atoms. The van der Waals surface area contributed by atoms with E-state index in [0.29, 0.717) is 5.75 Å². The summed E-state index contributed by atoms with van der Waals surface area (Å²) >= 11 is 1.69. The Labute approximate surface area is 163 Å². The standard InChI is InChI=1S/C22H23NO3S/c1-15-3-6-20-18(9-15)12-23(13-22(26-20)17-7-8-27-14-17)11-16-4-5-19(24)21(10-16)25-2/h3-10,14,22,24H,11-13H2,1-2H3/t22-/m1/s1. The molecule has 5 heteroatoms. The van der Waals surface area contributed by atoms with Gasteiger partial charge < -0.3 is 14.6 Å². The molecule has 0 saturated carbocycles. The summed E-state index contributed by atoms with van der Waals surface area (Å²) in [5.41, 5.74) is 4.75. The second-order valence-corrected chi connectivity index (χ2v) is 7.73. The summed E-state index contributed by atoms with van der Waals surface area (Å²) in [6.07, 6.45) is -0.000725. The first kappa shape index (κ1) is 17.9. The lowest BCUT2D eigenvalue weighted by molar-refractivity contribution is 0.144. The van der Waals surface area contributed by atoms with Crippen LogP contribution in [0.5, 0.6) is 17.2 Å². The van der Waals surface area contributed by atoms with Crippen LogP contribution in [0.2, 0.25) is 0 Å². The summed E-state index contributed by atoms with van der Waals surface area (Å²) in [6, 6.07) is 14.1. The van der Waals surface area contributed by atoms with Gasteiger partial charge in [-0.1, -0.05) is 23.8 Å². The molecule has 0 saturated heterocycles. The molecule has 0 fully saturated rings. The lowest BCUT2D eigenvalue weighted by Gasteiger charge is -2.24. The number of hydrogen-bond acceptors (Lipinski definition) is 5. The monoisotopic (exact) mass is 381 g/mol. The third kappa shape index (κ3) is 3.94. The molecule has 0 aliphatic carbocycles. The van der Waals surface area contributed by atoms with Crippen molar-refractivity contribution in [3.8, 4) is 17.2 Å². The molecule has 4 rings (SSSR count). The van der Waals surface area contributed by atoms with Crippen molar-refractivity contribution < 1.29 is 14.6 Å². The fourth-order valence-corrected chi connectivity index (χ4v) is 4.21.